The van der Waals surface area contributed by atoms with Gasteiger partial charge < -0.3 is 14.8 Å². The van der Waals surface area contributed by atoms with E-state index in [9.17, 15) is 10.0 Å². The summed E-state index contributed by atoms with van der Waals surface area (Å²) in [6.45, 7) is 2.55. The van der Waals surface area contributed by atoms with Gasteiger partial charge in [-0.1, -0.05) is 0 Å². The van der Waals surface area contributed by atoms with E-state index in [-0.39, 0.29) is 4.65 Å². The second kappa shape index (κ2) is 4.19. The van der Waals surface area contributed by atoms with Crippen LogP contribution in [0.4, 0.5) is 0 Å². The van der Waals surface area contributed by atoms with Crippen LogP contribution in [0.25, 0.3) is 0 Å². The molecule has 106 valence electrons. The van der Waals surface area contributed by atoms with Gasteiger partial charge in [-0.3, -0.25) is 4.79 Å². The molecule has 0 aromatic rings. The Labute approximate surface area is 114 Å². The Morgan fingerprint density at radius 3 is 2.74 bits per heavy atom. The number of hydroxylamine groups is 3. The van der Waals surface area contributed by atoms with E-state index in [1.165, 1.54) is 12.8 Å². The minimum absolute atomic E-state index is 0.0772. The van der Waals surface area contributed by atoms with Gasteiger partial charge in [0.05, 0.1) is 19.1 Å². The minimum Gasteiger partial charge on any atom is -0.633 e. The molecule has 0 radical (unpaired) electrons. The zero-order chi connectivity index (χ0) is 13.0. The minimum atomic E-state index is 0.0772. The second-order valence-corrected chi connectivity index (χ2v) is 7.10. The summed E-state index contributed by atoms with van der Waals surface area (Å²) < 4.78 is 0.0772. The summed E-state index contributed by atoms with van der Waals surface area (Å²) in [5.41, 5.74) is 0. The molecule has 4 aliphatic rings. The van der Waals surface area contributed by atoms with Crippen molar-refractivity contribution in [3.05, 3.63) is 5.21 Å². The maximum atomic E-state index is 13.1. The number of amides is 1. The van der Waals surface area contributed by atoms with E-state index in [2.05, 4.69) is 4.90 Å². The molecule has 4 aliphatic heterocycles. The van der Waals surface area contributed by atoms with Gasteiger partial charge in [-0.15, -0.1) is 0 Å². The fourth-order valence-electron chi connectivity index (χ4n) is 5.55. The molecule has 0 bridgehead atoms. The van der Waals surface area contributed by atoms with E-state index in [1.54, 1.807) is 0 Å². The van der Waals surface area contributed by atoms with Crippen molar-refractivity contribution < 1.29 is 9.44 Å². The number of rotatable bonds is 0. The van der Waals surface area contributed by atoms with Crippen molar-refractivity contribution in [3.8, 4) is 0 Å². The fraction of sp³-hybridized carbons (Fsp3) is 0.933. The molecular weight excluding hydrogens is 240 g/mol. The van der Waals surface area contributed by atoms with Gasteiger partial charge in [0.1, 0.15) is 0 Å². The molecule has 4 fully saturated rings. The van der Waals surface area contributed by atoms with Crippen LogP contribution in [-0.2, 0) is 4.79 Å². The molecule has 0 N–H and O–H groups in total. The Balaban J connectivity index is 1.69. The SMILES string of the molecule is O=C1CCC[C@@H]2[C@H]3CCC[N+]4([O-])CCC[C@@H](CN12)[C@H]34. The van der Waals surface area contributed by atoms with Crippen LogP contribution in [0.2, 0.25) is 0 Å². The molecule has 5 atom stereocenters. The predicted molar refractivity (Wildman–Crippen MR) is 71.9 cm³/mol. The van der Waals surface area contributed by atoms with Crippen LogP contribution in [0.15, 0.2) is 0 Å². The lowest BCUT2D eigenvalue weighted by molar-refractivity contribution is -0.925. The molecule has 4 rings (SSSR count). The fourth-order valence-corrected chi connectivity index (χ4v) is 5.55. The van der Waals surface area contributed by atoms with Crippen LogP contribution in [-0.4, -0.2) is 47.2 Å². The lowest BCUT2D eigenvalue weighted by Gasteiger charge is -2.64. The number of hydrogen-bond donors (Lipinski definition) is 0. The third-order valence-corrected chi connectivity index (χ3v) is 6.19. The molecule has 4 nitrogen and oxygen atoms in total. The van der Waals surface area contributed by atoms with E-state index in [0.29, 0.717) is 29.8 Å². The van der Waals surface area contributed by atoms with Gasteiger partial charge in [0.2, 0.25) is 5.91 Å². The van der Waals surface area contributed by atoms with Gasteiger partial charge in [-0.2, -0.15) is 0 Å². The Hall–Kier alpha value is -0.610. The molecule has 0 aliphatic carbocycles. The highest BCUT2D eigenvalue weighted by molar-refractivity contribution is 5.77. The third kappa shape index (κ3) is 1.69. The molecule has 0 spiro atoms. The average molecular weight is 264 g/mol. The Bertz CT molecular complexity index is 396. The summed E-state index contributed by atoms with van der Waals surface area (Å²) in [4.78, 5) is 14.3. The summed E-state index contributed by atoms with van der Waals surface area (Å²) in [7, 11) is 0. The number of piperidine rings is 4. The van der Waals surface area contributed by atoms with Gasteiger partial charge >= 0.3 is 0 Å². The Morgan fingerprint density at radius 1 is 1.11 bits per heavy atom. The topological polar surface area (TPSA) is 43.4 Å². The van der Waals surface area contributed by atoms with Crippen molar-refractivity contribution in [2.75, 3.05) is 19.6 Å². The lowest BCUT2D eigenvalue weighted by Crippen LogP contribution is -2.71. The van der Waals surface area contributed by atoms with E-state index < -0.39 is 0 Å². The third-order valence-electron chi connectivity index (χ3n) is 6.19. The highest BCUT2D eigenvalue weighted by Crippen LogP contribution is 2.47. The number of hydrogen-bond acceptors (Lipinski definition) is 2. The summed E-state index contributed by atoms with van der Waals surface area (Å²) in [6, 6.07) is 0.710. The molecule has 0 saturated carbocycles. The summed E-state index contributed by atoms with van der Waals surface area (Å²) in [5, 5.41) is 13.1. The summed E-state index contributed by atoms with van der Waals surface area (Å²) in [6.07, 6.45) is 7.38. The van der Waals surface area contributed by atoms with E-state index in [0.717, 1.165) is 51.7 Å². The molecule has 0 aromatic heterocycles. The summed E-state index contributed by atoms with van der Waals surface area (Å²) >= 11 is 0. The van der Waals surface area contributed by atoms with Crippen LogP contribution >= 0.6 is 0 Å². The second-order valence-electron chi connectivity index (χ2n) is 7.10. The van der Waals surface area contributed by atoms with Crippen molar-refractivity contribution in [2.24, 2.45) is 11.8 Å². The molecule has 4 heterocycles. The number of fused-ring (bicyclic) bond motifs is 2. The van der Waals surface area contributed by atoms with Crippen molar-refractivity contribution >= 4 is 5.91 Å². The molecule has 4 saturated heterocycles. The molecule has 0 aromatic carbocycles. The van der Waals surface area contributed by atoms with Gasteiger partial charge in [0, 0.05) is 30.8 Å². The van der Waals surface area contributed by atoms with Gasteiger partial charge in [-0.25, -0.2) is 0 Å². The Kier molecular flexibility index (Phi) is 2.68. The van der Waals surface area contributed by atoms with Crippen molar-refractivity contribution in [1.29, 1.82) is 0 Å². The van der Waals surface area contributed by atoms with Crippen molar-refractivity contribution in [1.82, 2.24) is 4.90 Å². The maximum absolute atomic E-state index is 13.1. The zero-order valence-electron chi connectivity index (χ0n) is 11.6. The number of nitrogens with zero attached hydrogens (tertiary/aromatic N) is 2. The Morgan fingerprint density at radius 2 is 1.89 bits per heavy atom. The van der Waals surface area contributed by atoms with E-state index >= 15 is 0 Å². The molecule has 4 heteroatoms. The average Bonchev–Trinajstić information content (AvgIpc) is 2.40. The molecule has 1 amide bonds. The first kappa shape index (κ1) is 12.2. The van der Waals surface area contributed by atoms with Crippen molar-refractivity contribution in [3.63, 3.8) is 0 Å². The zero-order valence-corrected chi connectivity index (χ0v) is 11.6. The van der Waals surface area contributed by atoms with Crippen LogP contribution < -0.4 is 0 Å². The quantitative estimate of drug-likeness (QED) is 0.495. The normalized spacial score (nSPS) is 49.5. The monoisotopic (exact) mass is 264 g/mol. The summed E-state index contributed by atoms with van der Waals surface area (Å²) in [5.74, 6) is 1.33. The maximum Gasteiger partial charge on any atom is 0.222 e. The number of carbonyl (C=O) groups is 1. The van der Waals surface area contributed by atoms with Crippen LogP contribution in [0.3, 0.4) is 0 Å². The van der Waals surface area contributed by atoms with E-state index in [4.69, 9.17) is 0 Å². The number of quaternary nitrogens is 1. The van der Waals surface area contributed by atoms with Gasteiger partial charge in [0.25, 0.3) is 0 Å². The standard InChI is InChI=1S/C15H24N2O2/c18-14-7-1-6-13-12-5-3-9-17(19)8-2-4-11(15(12)17)10-16(13)14/h11-13,15H,1-10H2/t11-,12+,13+,15+,17?/m0/s1. The van der Waals surface area contributed by atoms with Gasteiger partial charge in [0.15, 0.2) is 0 Å². The first-order valence-electron chi connectivity index (χ1n) is 8.06. The van der Waals surface area contributed by atoms with Gasteiger partial charge in [-0.05, 0) is 38.5 Å². The van der Waals surface area contributed by atoms with Crippen LogP contribution in [0.1, 0.15) is 44.9 Å². The predicted octanol–water partition coefficient (Wildman–Crippen LogP) is 1.88. The highest BCUT2D eigenvalue weighted by Gasteiger charge is 2.55. The first-order valence-corrected chi connectivity index (χ1v) is 8.06. The van der Waals surface area contributed by atoms with E-state index in [1.807, 2.05) is 0 Å². The molecule has 19 heavy (non-hydrogen) atoms. The van der Waals surface area contributed by atoms with Crippen LogP contribution in [0.5, 0.6) is 0 Å². The molecule has 1 unspecified atom stereocenters. The smallest absolute Gasteiger partial charge is 0.222 e. The lowest BCUT2D eigenvalue weighted by atomic mass is 9.67. The van der Waals surface area contributed by atoms with Crippen LogP contribution in [0, 0.1) is 17.0 Å². The largest absolute Gasteiger partial charge is 0.633 e. The number of carbonyl (C=O) groups excluding carboxylic acids is 1. The first-order chi connectivity index (χ1) is 9.19. The molecular formula is C15H24N2O2. The highest BCUT2D eigenvalue weighted by atomic mass is 16.5. The van der Waals surface area contributed by atoms with Crippen molar-refractivity contribution in [2.45, 2.75) is 57.0 Å².